The summed E-state index contributed by atoms with van der Waals surface area (Å²) in [5.74, 6) is 0.901. The van der Waals surface area contributed by atoms with Crippen molar-refractivity contribution in [1.29, 1.82) is 0 Å². The lowest BCUT2D eigenvalue weighted by Crippen LogP contribution is -1.95. The first kappa shape index (κ1) is 13.6. The summed E-state index contributed by atoms with van der Waals surface area (Å²) < 4.78 is 10.6. The quantitative estimate of drug-likeness (QED) is 0.726. The highest BCUT2D eigenvalue weighted by Gasteiger charge is 2.14. The average molecular weight is 284 g/mol. The second-order valence-corrected chi connectivity index (χ2v) is 4.78. The Morgan fingerprint density at radius 2 is 1.95 bits per heavy atom. The molecular formula is C16H16N2O3. The van der Waals surface area contributed by atoms with Gasteiger partial charge in [-0.25, -0.2) is 0 Å². The minimum absolute atomic E-state index is 0.123. The summed E-state index contributed by atoms with van der Waals surface area (Å²) in [5.41, 5.74) is 0.531. The molecular weight excluding hydrogens is 268 g/mol. The molecule has 1 N–H and O–H groups in total. The number of phenols is 1. The van der Waals surface area contributed by atoms with E-state index in [0.717, 1.165) is 17.2 Å². The van der Waals surface area contributed by atoms with Crippen molar-refractivity contribution in [1.82, 2.24) is 10.1 Å². The van der Waals surface area contributed by atoms with Gasteiger partial charge in [-0.3, -0.25) is 0 Å². The zero-order chi connectivity index (χ0) is 14.7. The topological polar surface area (TPSA) is 68.4 Å². The summed E-state index contributed by atoms with van der Waals surface area (Å²) in [7, 11) is 0. The van der Waals surface area contributed by atoms with Gasteiger partial charge >= 0.3 is 0 Å². The van der Waals surface area contributed by atoms with Gasteiger partial charge in [0.1, 0.15) is 12.4 Å². The van der Waals surface area contributed by atoms with Crippen molar-refractivity contribution >= 4 is 10.8 Å². The number of fused-ring (bicyclic) bond motifs is 1. The van der Waals surface area contributed by atoms with Gasteiger partial charge in [0, 0.05) is 6.61 Å². The molecule has 0 fully saturated rings. The summed E-state index contributed by atoms with van der Waals surface area (Å²) >= 11 is 0. The molecule has 2 aromatic carbocycles. The second-order valence-electron chi connectivity index (χ2n) is 4.78. The molecule has 0 aliphatic carbocycles. The third kappa shape index (κ3) is 2.87. The maximum Gasteiger partial charge on any atom is 0.261 e. The second kappa shape index (κ2) is 5.93. The normalized spacial score (nSPS) is 11.1. The van der Waals surface area contributed by atoms with E-state index in [0.29, 0.717) is 30.5 Å². The van der Waals surface area contributed by atoms with Gasteiger partial charge < -0.3 is 14.4 Å². The van der Waals surface area contributed by atoms with E-state index in [9.17, 15) is 5.11 Å². The van der Waals surface area contributed by atoms with Crippen molar-refractivity contribution < 1.29 is 14.4 Å². The third-order valence-electron chi connectivity index (χ3n) is 3.14. The molecule has 5 heteroatoms. The Morgan fingerprint density at radius 3 is 2.71 bits per heavy atom. The van der Waals surface area contributed by atoms with Crippen molar-refractivity contribution in [3.63, 3.8) is 0 Å². The maximum atomic E-state index is 10.1. The highest BCUT2D eigenvalue weighted by atomic mass is 16.5. The molecule has 1 heterocycles. The molecule has 21 heavy (non-hydrogen) atoms. The summed E-state index contributed by atoms with van der Waals surface area (Å²) in [4.78, 5) is 4.26. The Hall–Kier alpha value is -2.40. The molecule has 0 spiro atoms. The van der Waals surface area contributed by atoms with Crippen LogP contribution in [0.4, 0.5) is 0 Å². The van der Waals surface area contributed by atoms with Crippen LogP contribution in [0, 0.1) is 0 Å². The Balaban J connectivity index is 1.91. The highest BCUT2D eigenvalue weighted by molar-refractivity contribution is 5.89. The van der Waals surface area contributed by atoms with Gasteiger partial charge in [0.2, 0.25) is 0 Å². The lowest BCUT2D eigenvalue weighted by atomic mass is 10.1. The average Bonchev–Trinajstić information content (AvgIpc) is 2.95. The van der Waals surface area contributed by atoms with Crippen LogP contribution in [0.1, 0.15) is 19.2 Å². The van der Waals surface area contributed by atoms with Crippen molar-refractivity contribution in [3.8, 4) is 17.2 Å². The van der Waals surface area contributed by atoms with Gasteiger partial charge in [-0.1, -0.05) is 36.3 Å². The Kier molecular flexibility index (Phi) is 3.83. The van der Waals surface area contributed by atoms with Crippen LogP contribution in [0.2, 0.25) is 0 Å². The molecule has 0 aliphatic rings. The number of nitrogens with zero attached hydrogens (tertiary/aromatic N) is 2. The van der Waals surface area contributed by atoms with E-state index in [1.807, 2.05) is 37.3 Å². The minimum atomic E-state index is 0.123. The minimum Gasteiger partial charge on any atom is -0.507 e. The van der Waals surface area contributed by atoms with Crippen LogP contribution < -0.4 is 0 Å². The molecule has 0 bridgehead atoms. The first-order valence-corrected chi connectivity index (χ1v) is 6.90. The fourth-order valence-electron chi connectivity index (χ4n) is 2.13. The number of ether oxygens (including phenoxy) is 1. The molecule has 0 saturated carbocycles. The predicted molar refractivity (Wildman–Crippen MR) is 78.9 cm³/mol. The van der Waals surface area contributed by atoms with E-state index >= 15 is 0 Å². The first-order chi connectivity index (χ1) is 10.3. The summed E-state index contributed by atoms with van der Waals surface area (Å²) in [6, 6.07) is 11.3. The largest absolute Gasteiger partial charge is 0.507 e. The standard InChI is InChI=1S/C16H16N2O3/c1-2-7-20-10-15-17-16(21-18-15)13-8-11-5-3-4-6-12(11)9-14(13)19/h3-6,8-9,19H,2,7,10H2,1H3. The Morgan fingerprint density at radius 1 is 1.19 bits per heavy atom. The van der Waals surface area contributed by atoms with Crippen molar-refractivity contribution in [2.75, 3.05) is 6.61 Å². The number of rotatable bonds is 5. The summed E-state index contributed by atoms with van der Waals surface area (Å²) in [6.45, 7) is 3.01. The fourth-order valence-corrected chi connectivity index (χ4v) is 2.13. The number of benzene rings is 2. The maximum absolute atomic E-state index is 10.1. The number of phenolic OH excluding ortho intramolecular Hbond substituents is 1. The third-order valence-corrected chi connectivity index (χ3v) is 3.14. The molecule has 0 saturated heterocycles. The molecule has 5 nitrogen and oxygen atoms in total. The molecule has 0 unspecified atom stereocenters. The van der Waals surface area contributed by atoms with Crippen LogP contribution in [0.5, 0.6) is 5.75 Å². The fraction of sp³-hybridized carbons (Fsp3) is 0.250. The van der Waals surface area contributed by atoms with E-state index in [4.69, 9.17) is 9.26 Å². The van der Waals surface area contributed by atoms with Gasteiger partial charge in [-0.15, -0.1) is 0 Å². The molecule has 0 radical (unpaired) electrons. The molecule has 108 valence electrons. The van der Waals surface area contributed by atoms with Gasteiger partial charge in [0.25, 0.3) is 5.89 Å². The van der Waals surface area contributed by atoms with E-state index in [1.54, 1.807) is 6.07 Å². The van der Waals surface area contributed by atoms with Gasteiger partial charge in [0.05, 0.1) is 5.56 Å². The van der Waals surface area contributed by atoms with Crippen molar-refractivity contribution in [3.05, 3.63) is 42.2 Å². The zero-order valence-corrected chi connectivity index (χ0v) is 11.7. The number of aromatic nitrogens is 2. The van der Waals surface area contributed by atoms with Crippen LogP contribution in [-0.4, -0.2) is 21.9 Å². The van der Waals surface area contributed by atoms with Crippen molar-refractivity contribution in [2.24, 2.45) is 0 Å². The van der Waals surface area contributed by atoms with Crippen LogP contribution >= 0.6 is 0 Å². The highest BCUT2D eigenvalue weighted by Crippen LogP contribution is 2.32. The molecule has 3 aromatic rings. The van der Waals surface area contributed by atoms with E-state index < -0.39 is 0 Å². The number of hydrogen-bond donors (Lipinski definition) is 1. The van der Waals surface area contributed by atoms with Crippen LogP contribution in [0.25, 0.3) is 22.2 Å². The van der Waals surface area contributed by atoms with Gasteiger partial charge in [-0.05, 0) is 29.3 Å². The lowest BCUT2D eigenvalue weighted by molar-refractivity contribution is 0.114. The molecule has 0 atom stereocenters. The Bertz CT molecular complexity index is 752. The van der Waals surface area contributed by atoms with E-state index in [2.05, 4.69) is 10.1 Å². The van der Waals surface area contributed by atoms with Gasteiger partial charge in [-0.2, -0.15) is 4.98 Å². The van der Waals surface area contributed by atoms with Crippen LogP contribution in [-0.2, 0) is 11.3 Å². The van der Waals surface area contributed by atoms with Gasteiger partial charge in [0.15, 0.2) is 5.82 Å². The predicted octanol–water partition coefficient (Wildman–Crippen LogP) is 3.52. The SMILES string of the molecule is CCCOCc1noc(-c2cc3ccccc3cc2O)n1. The molecule has 1 aromatic heterocycles. The summed E-state index contributed by atoms with van der Waals surface area (Å²) in [6.07, 6.45) is 0.941. The summed E-state index contributed by atoms with van der Waals surface area (Å²) in [5, 5.41) is 16.0. The van der Waals surface area contributed by atoms with E-state index in [1.165, 1.54) is 0 Å². The zero-order valence-electron chi connectivity index (χ0n) is 11.7. The van der Waals surface area contributed by atoms with Crippen LogP contribution in [0.15, 0.2) is 40.9 Å². The lowest BCUT2D eigenvalue weighted by Gasteiger charge is -2.03. The molecule has 0 amide bonds. The molecule has 0 aliphatic heterocycles. The first-order valence-electron chi connectivity index (χ1n) is 6.90. The molecule has 3 rings (SSSR count). The van der Waals surface area contributed by atoms with Crippen LogP contribution in [0.3, 0.4) is 0 Å². The smallest absolute Gasteiger partial charge is 0.261 e. The van der Waals surface area contributed by atoms with Crippen molar-refractivity contribution in [2.45, 2.75) is 20.0 Å². The number of hydrogen-bond acceptors (Lipinski definition) is 5. The Labute approximate surface area is 122 Å². The monoisotopic (exact) mass is 284 g/mol. The number of aromatic hydroxyl groups is 1. The van der Waals surface area contributed by atoms with E-state index in [-0.39, 0.29) is 5.75 Å².